The van der Waals surface area contributed by atoms with E-state index in [0.717, 1.165) is 75.3 Å². The van der Waals surface area contributed by atoms with Crippen molar-refractivity contribution in [2.24, 2.45) is 11.8 Å². The van der Waals surface area contributed by atoms with Gasteiger partial charge in [-0.2, -0.15) is 0 Å². The van der Waals surface area contributed by atoms with E-state index in [0.29, 0.717) is 17.8 Å². The fourth-order valence-electron chi connectivity index (χ4n) is 7.45. The number of aromatic nitrogens is 1. The molecule has 9 nitrogen and oxygen atoms in total. The second kappa shape index (κ2) is 12.8. The number of hydrogen-bond acceptors (Lipinski definition) is 9. The van der Waals surface area contributed by atoms with Gasteiger partial charge in [0.2, 0.25) is 0 Å². The Morgan fingerprint density at radius 1 is 1.18 bits per heavy atom. The third-order valence-electron chi connectivity index (χ3n) is 10.2. The molecular formula is C33H42FN5O4S. The minimum absolute atomic E-state index is 0.00725. The zero-order chi connectivity index (χ0) is 31.0. The molecule has 4 unspecified atom stereocenters. The number of piperazine rings is 1. The highest BCUT2D eigenvalue weighted by Crippen LogP contribution is 2.44. The molecule has 1 aromatic heterocycles. The van der Waals surface area contributed by atoms with E-state index in [2.05, 4.69) is 22.2 Å². The Morgan fingerprint density at radius 2 is 1.93 bits per heavy atom. The lowest BCUT2D eigenvalue weighted by molar-refractivity contribution is -0.133. The lowest BCUT2D eigenvalue weighted by Crippen LogP contribution is -2.68. The molecule has 1 saturated carbocycles. The minimum atomic E-state index is -1.41. The van der Waals surface area contributed by atoms with Gasteiger partial charge in [-0.3, -0.25) is 19.3 Å². The molecule has 1 aliphatic carbocycles. The third kappa shape index (κ3) is 5.63. The van der Waals surface area contributed by atoms with E-state index in [9.17, 15) is 14.4 Å². The van der Waals surface area contributed by atoms with Crippen LogP contribution in [-0.4, -0.2) is 96.9 Å². The zero-order valence-electron chi connectivity index (χ0n) is 25.8. The molecule has 0 bridgehead atoms. The van der Waals surface area contributed by atoms with Gasteiger partial charge in [0.05, 0.1) is 11.8 Å². The monoisotopic (exact) mass is 623 g/mol. The number of allylic oxidation sites excluding steroid dienone is 1. The number of Topliss-reactive ketones (excluding diaryl/α,β-unsaturated/α-hetero) is 1. The van der Waals surface area contributed by atoms with E-state index in [4.69, 9.17) is 9.72 Å². The summed E-state index contributed by atoms with van der Waals surface area (Å²) >= 11 is 1.49. The Balaban J connectivity index is 1.28. The van der Waals surface area contributed by atoms with Crippen LogP contribution in [0.15, 0.2) is 35.2 Å². The molecule has 4 fully saturated rings. The van der Waals surface area contributed by atoms with E-state index in [1.807, 2.05) is 30.2 Å². The number of carbonyl (C=O) groups excluding carboxylic acids is 3. The van der Waals surface area contributed by atoms with Gasteiger partial charge < -0.3 is 19.9 Å². The highest BCUT2D eigenvalue weighted by atomic mass is 32.1. The number of fused-ring (bicyclic) bond motifs is 1. The van der Waals surface area contributed by atoms with Crippen LogP contribution in [0.2, 0.25) is 0 Å². The fourth-order valence-corrected chi connectivity index (χ4v) is 8.33. The molecule has 1 N–H and O–H groups in total. The topological polar surface area (TPSA) is 95.1 Å². The van der Waals surface area contributed by atoms with Gasteiger partial charge in [0.25, 0.3) is 5.91 Å². The molecule has 1 aromatic carbocycles. The van der Waals surface area contributed by atoms with Gasteiger partial charge in [-0.15, -0.1) is 11.3 Å². The SMILES string of the molecule is C/C=C(\C)C1CN(C(C=O)(NC(=O)c2ccc(-c3csc(N4CCN(C)CC4)n3)c(F)c2)C2CCCCC2)C2C(=O)COC12. The normalized spacial score (nSPS) is 26.9. The number of ether oxygens (including phenoxy) is 1. The summed E-state index contributed by atoms with van der Waals surface area (Å²) in [5.74, 6) is -1.41. The van der Waals surface area contributed by atoms with Crippen LogP contribution in [0.25, 0.3) is 11.3 Å². The molecule has 2 aromatic rings. The molecule has 236 valence electrons. The summed E-state index contributed by atoms with van der Waals surface area (Å²) in [6.07, 6.45) is 6.90. The predicted molar refractivity (Wildman–Crippen MR) is 168 cm³/mol. The van der Waals surface area contributed by atoms with Gasteiger partial charge in [-0.05, 0) is 51.9 Å². The number of nitrogens with zero attached hydrogens (tertiary/aromatic N) is 4. The number of amides is 1. The summed E-state index contributed by atoms with van der Waals surface area (Å²) in [6.45, 7) is 8.02. The highest BCUT2D eigenvalue weighted by molar-refractivity contribution is 7.14. The Labute approximate surface area is 262 Å². The van der Waals surface area contributed by atoms with Crippen molar-refractivity contribution in [1.29, 1.82) is 0 Å². The Morgan fingerprint density at radius 3 is 2.61 bits per heavy atom. The van der Waals surface area contributed by atoms with Gasteiger partial charge in [-0.1, -0.05) is 30.9 Å². The smallest absolute Gasteiger partial charge is 0.253 e. The molecule has 3 saturated heterocycles. The van der Waals surface area contributed by atoms with Crippen molar-refractivity contribution in [3.05, 3.63) is 46.6 Å². The number of ketones is 1. The number of likely N-dealkylation sites (tertiary alicyclic amines) is 1. The van der Waals surface area contributed by atoms with Crippen LogP contribution in [0.1, 0.15) is 56.3 Å². The number of aldehydes is 1. The number of halogens is 1. The summed E-state index contributed by atoms with van der Waals surface area (Å²) in [4.78, 5) is 51.4. The number of rotatable bonds is 8. The van der Waals surface area contributed by atoms with E-state index in [1.165, 1.54) is 17.4 Å². The number of benzene rings is 1. The number of thiazole rings is 1. The summed E-state index contributed by atoms with van der Waals surface area (Å²) in [5, 5.41) is 5.76. The molecule has 0 spiro atoms. The molecule has 4 heterocycles. The molecular weight excluding hydrogens is 581 g/mol. The summed E-state index contributed by atoms with van der Waals surface area (Å²) in [5.41, 5.74) is 0.656. The zero-order valence-corrected chi connectivity index (χ0v) is 26.6. The second-order valence-corrected chi connectivity index (χ2v) is 13.5. The maximum Gasteiger partial charge on any atom is 0.253 e. The number of anilines is 1. The number of nitrogens with one attached hydrogen (secondary N) is 1. The average Bonchev–Trinajstić information content (AvgIpc) is 3.78. The van der Waals surface area contributed by atoms with Gasteiger partial charge >= 0.3 is 0 Å². The van der Waals surface area contributed by atoms with E-state index < -0.39 is 23.4 Å². The molecule has 11 heteroatoms. The van der Waals surface area contributed by atoms with Crippen molar-refractivity contribution < 1.29 is 23.5 Å². The summed E-state index contributed by atoms with van der Waals surface area (Å²) < 4.78 is 21.6. The van der Waals surface area contributed by atoms with Crippen molar-refractivity contribution in [2.75, 3.05) is 51.3 Å². The average molecular weight is 624 g/mol. The number of carbonyl (C=O) groups is 3. The highest BCUT2D eigenvalue weighted by Gasteiger charge is 2.59. The van der Waals surface area contributed by atoms with E-state index >= 15 is 4.39 Å². The van der Waals surface area contributed by atoms with Crippen LogP contribution in [0.3, 0.4) is 0 Å². The van der Waals surface area contributed by atoms with Crippen molar-refractivity contribution in [3.63, 3.8) is 0 Å². The lowest BCUT2D eigenvalue weighted by atomic mass is 9.78. The predicted octanol–water partition coefficient (Wildman–Crippen LogP) is 4.14. The number of likely N-dealkylation sites (N-methyl/N-ethyl adjacent to an activating group) is 1. The molecule has 6 rings (SSSR count). The van der Waals surface area contributed by atoms with Crippen molar-refractivity contribution >= 4 is 34.4 Å². The summed E-state index contributed by atoms with van der Waals surface area (Å²) in [6, 6.07) is 3.77. The lowest BCUT2D eigenvalue weighted by Gasteiger charge is -2.47. The van der Waals surface area contributed by atoms with Gasteiger partial charge in [0.15, 0.2) is 22.9 Å². The molecule has 3 aliphatic heterocycles. The second-order valence-electron chi connectivity index (χ2n) is 12.7. The van der Waals surface area contributed by atoms with Gasteiger partial charge in [0, 0.05) is 61.1 Å². The van der Waals surface area contributed by atoms with Crippen LogP contribution in [0.5, 0.6) is 0 Å². The van der Waals surface area contributed by atoms with Crippen LogP contribution in [-0.2, 0) is 14.3 Å². The summed E-state index contributed by atoms with van der Waals surface area (Å²) in [7, 11) is 2.10. The first-order valence-electron chi connectivity index (χ1n) is 15.8. The largest absolute Gasteiger partial charge is 0.368 e. The first-order chi connectivity index (χ1) is 21.3. The standard InChI is InChI=1S/C33H42FN5O4S/c1-4-21(2)25-17-39(29-28(41)18-43-30(25)29)33(20-40,23-8-6-5-7-9-23)36-31(42)22-10-11-24(26(34)16-22)27-19-44-32(35-27)38-14-12-37(3)13-15-38/h4,10-11,16,19-20,23,25,29-30H,5-9,12-15,17-18H2,1-3H3,(H,36,42)/b21-4+. The first-order valence-corrected chi connectivity index (χ1v) is 16.7. The van der Waals surface area contributed by atoms with E-state index in [1.54, 1.807) is 12.1 Å². The minimum Gasteiger partial charge on any atom is -0.368 e. The molecule has 44 heavy (non-hydrogen) atoms. The Hall–Kier alpha value is -2.99. The van der Waals surface area contributed by atoms with Crippen LogP contribution in [0, 0.1) is 17.7 Å². The fraction of sp³-hybridized carbons (Fsp3) is 0.576. The molecule has 4 aliphatic rings. The molecule has 1 amide bonds. The maximum atomic E-state index is 15.6. The van der Waals surface area contributed by atoms with Gasteiger partial charge in [0.1, 0.15) is 18.5 Å². The van der Waals surface area contributed by atoms with E-state index in [-0.39, 0.29) is 35.9 Å². The van der Waals surface area contributed by atoms with Crippen LogP contribution in [0.4, 0.5) is 9.52 Å². The first kappa shape index (κ1) is 31.0. The van der Waals surface area contributed by atoms with Crippen molar-refractivity contribution in [2.45, 2.75) is 63.8 Å². The van der Waals surface area contributed by atoms with Crippen LogP contribution >= 0.6 is 11.3 Å². The number of hydrogen-bond donors (Lipinski definition) is 1. The molecule has 0 radical (unpaired) electrons. The Kier molecular flexibility index (Phi) is 9.01. The van der Waals surface area contributed by atoms with Crippen molar-refractivity contribution in [1.82, 2.24) is 20.1 Å². The molecule has 4 atom stereocenters. The van der Waals surface area contributed by atoms with Crippen molar-refractivity contribution in [3.8, 4) is 11.3 Å². The van der Waals surface area contributed by atoms with Gasteiger partial charge in [-0.25, -0.2) is 9.37 Å². The quantitative estimate of drug-likeness (QED) is 0.347. The maximum absolute atomic E-state index is 15.6. The van der Waals surface area contributed by atoms with Crippen LogP contribution < -0.4 is 10.2 Å². The Bertz CT molecular complexity index is 1430. The third-order valence-corrected chi connectivity index (χ3v) is 11.1.